The SMILES string of the molecule is CCCP(=O)(CCC)OC(C)CC. The largest absolute Gasteiger partial charge is 0.325 e. The van der Waals surface area contributed by atoms with Crippen LogP contribution in [0, 0.1) is 0 Å². The maximum atomic E-state index is 12.2. The molecule has 0 saturated carbocycles. The second kappa shape index (κ2) is 6.62. The molecule has 0 bridgehead atoms. The maximum Gasteiger partial charge on any atom is 0.203 e. The molecular weight excluding hydrogens is 183 g/mol. The highest BCUT2D eigenvalue weighted by atomic mass is 31.2. The number of rotatable bonds is 7. The minimum atomic E-state index is -2.29. The summed E-state index contributed by atoms with van der Waals surface area (Å²) in [5.41, 5.74) is 0. The van der Waals surface area contributed by atoms with Gasteiger partial charge < -0.3 is 4.52 Å². The first-order valence-corrected chi connectivity index (χ1v) is 7.34. The topological polar surface area (TPSA) is 26.3 Å². The minimum Gasteiger partial charge on any atom is -0.325 e. The molecule has 0 aliphatic heterocycles. The highest BCUT2D eigenvalue weighted by Gasteiger charge is 2.22. The molecule has 0 saturated heterocycles. The average Bonchev–Trinajstić information content (AvgIpc) is 2.04. The van der Waals surface area contributed by atoms with Gasteiger partial charge in [0, 0.05) is 12.3 Å². The van der Waals surface area contributed by atoms with Crippen LogP contribution in [0.4, 0.5) is 0 Å². The van der Waals surface area contributed by atoms with Crippen molar-refractivity contribution in [2.24, 2.45) is 0 Å². The van der Waals surface area contributed by atoms with Gasteiger partial charge in [0.25, 0.3) is 0 Å². The van der Waals surface area contributed by atoms with Crippen molar-refractivity contribution in [2.45, 2.75) is 53.1 Å². The predicted molar refractivity (Wildman–Crippen MR) is 58.8 cm³/mol. The molecule has 0 aromatic heterocycles. The highest BCUT2D eigenvalue weighted by molar-refractivity contribution is 7.58. The summed E-state index contributed by atoms with van der Waals surface area (Å²) in [6, 6.07) is 0. The van der Waals surface area contributed by atoms with E-state index in [4.69, 9.17) is 4.52 Å². The first-order chi connectivity index (χ1) is 6.08. The first-order valence-electron chi connectivity index (χ1n) is 5.34. The maximum absolute atomic E-state index is 12.2. The van der Waals surface area contributed by atoms with Crippen molar-refractivity contribution < 1.29 is 9.09 Å². The van der Waals surface area contributed by atoms with Crippen molar-refractivity contribution in [2.75, 3.05) is 12.3 Å². The van der Waals surface area contributed by atoms with Crippen molar-refractivity contribution >= 4 is 7.37 Å². The van der Waals surface area contributed by atoms with Gasteiger partial charge in [-0.1, -0.05) is 20.8 Å². The molecule has 0 aromatic carbocycles. The van der Waals surface area contributed by atoms with Gasteiger partial charge in [-0.15, -0.1) is 0 Å². The van der Waals surface area contributed by atoms with Gasteiger partial charge in [-0.25, -0.2) is 0 Å². The summed E-state index contributed by atoms with van der Waals surface area (Å²) in [4.78, 5) is 0. The van der Waals surface area contributed by atoms with Gasteiger partial charge in [-0.05, 0) is 26.2 Å². The van der Waals surface area contributed by atoms with Crippen LogP contribution >= 0.6 is 7.37 Å². The van der Waals surface area contributed by atoms with Crippen LogP contribution in [0.3, 0.4) is 0 Å². The molecule has 0 aliphatic rings. The lowest BCUT2D eigenvalue weighted by Gasteiger charge is -2.21. The Kier molecular flexibility index (Phi) is 6.71. The zero-order valence-corrected chi connectivity index (χ0v) is 10.3. The highest BCUT2D eigenvalue weighted by Crippen LogP contribution is 2.49. The standard InChI is InChI=1S/C10H23O2P/c1-5-8-13(11,9-6-2)12-10(4)7-3/h10H,5-9H2,1-4H3. The molecular formula is C10H23O2P. The van der Waals surface area contributed by atoms with E-state index < -0.39 is 7.37 Å². The molecule has 80 valence electrons. The van der Waals surface area contributed by atoms with E-state index in [1.807, 2.05) is 6.92 Å². The van der Waals surface area contributed by atoms with E-state index in [0.29, 0.717) is 0 Å². The van der Waals surface area contributed by atoms with Crippen molar-refractivity contribution in [1.82, 2.24) is 0 Å². The van der Waals surface area contributed by atoms with Gasteiger partial charge in [0.1, 0.15) is 0 Å². The molecule has 0 fully saturated rings. The summed E-state index contributed by atoms with van der Waals surface area (Å²) in [6.07, 6.45) is 4.47. The zero-order valence-electron chi connectivity index (χ0n) is 9.38. The molecule has 13 heavy (non-hydrogen) atoms. The van der Waals surface area contributed by atoms with Gasteiger partial charge in [-0.2, -0.15) is 0 Å². The van der Waals surface area contributed by atoms with Crippen LogP contribution < -0.4 is 0 Å². The molecule has 0 heterocycles. The van der Waals surface area contributed by atoms with Crippen molar-refractivity contribution in [3.05, 3.63) is 0 Å². The van der Waals surface area contributed by atoms with Crippen LogP contribution in [-0.2, 0) is 9.09 Å². The van der Waals surface area contributed by atoms with Crippen LogP contribution in [0.25, 0.3) is 0 Å². The van der Waals surface area contributed by atoms with E-state index in [1.165, 1.54) is 0 Å². The third kappa shape index (κ3) is 5.49. The zero-order chi connectivity index (χ0) is 10.3. The van der Waals surface area contributed by atoms with E-state index in [0.717, 1.165) is 31.6 Å². The smallest absolute Gasteiger partial charge is 0.203 e. The normalized spacial score (nSPS) is 14.5. The lowest BCUT2D eigenvalue weighted by molar-refractivity contribution is 0.219. The van der Waals surface area contributed by atoms with Crippen LogP contribution in [0.5, 0.6) is 0 Å². The van der Waals surface area contributed by atoms with E-state index in [2.05, 4.69) is 20.8 Å². The number of hydrogen-bond acceptors (Lipinski definition) is 2. The first kappa shape index (κ1) is 13.2. The fraction of sp³-hybridized carbons (Fsp3) is 1.00. The summed E-state index contributed by atoms with van der Waals surface area (Å²) in [6.45, 7) is 8.18. The summed E-state index contributed by atoms with van der Waals surface area (Å²) in [7, 11) is -2.29. The molecule has 0 aromatic rings. The molecule has 0 rings (SSSR count). The molecule has 0 amide bonds. The van der Waals surface area contributed by atoms with Gasteiger partial charge in [0.2, 0.25) is 7.37 Å². The van der Waals surface area contributed by atoms with Crippen molar-refractivity contribution in [3.63, 3.8) is 0 Å². The fourth-order valence-electron chi connectivity index (χ4n) is 1.30. The molecule has 0 spiro atoms. The molecule has 0 aliphatic carbocycles. The van der Waals surface area contributed by atoms with E-state index >= 15 is 0 Å². The quantitative estimate of drug-likeness (QED) is 0.590. The van der Waals surface area contributed by atoms with Crippen LogP contribution in [0.2, 0.25) is 0 Å². The van der Waals surface area contributed by atoms with Crippen molar-refractivity contribution in [3.8, 4) is 0 Å². The van der Waals surface area contributed by atoms with Crippen LogP contribution in [0.1, 0.15) is 47.0 Å². The lowest BCUT2D eigenvalue weighted by atomic mass is 10.3. The van der Waals surface area contributed by atoms with Crippen LogP contribution in [-0.4, -0.2) is 18.4 Å². The Morgan fingerprint density at radius 1 is 1.15 bits per heavy atom. The van der Waals surface area contributed by atoms with Gasteiger partial charge in [-0.3, -0.25) is 4.57 Å². The third-order valence-electron chi connectivity index (χ3n) is 2.08. The Morgan fingerprint density at radius 3 is 1.92 bits per heavy atom. The number of hydrogen-bond donors (Lipinski definition) is 0. The molecule has 0 N–H and O–H groups in total. The average molecular weight is 206 g/mol. The minimum absolute atomic E-state index is 0.143. The molecule has 1 unspecified atom stereocenters. The Labute approximate surface area is 82.5 Å². The molecule has 1 atom stereocenters. The lowest BCUT2D eigenvalue weighted by Crippen LogP contribution is -2.08. The van der Waals surface area contributed by atoms with Gasteiger partial charge >= 0.3 is 0 Å². The van der Waals surface area contributed by atoms with E-state index in [1.54, 1.807) is 0 Å². The monoisotopic (exact) mass is 206 g/mol. The van der Waals surface area contributed by atoms with Crippen LogP contribution in [0.15, 0.2) is 0 Å². The summed E-state index contributed by atoms with van der Waals surface area (Å²) in [5.74, 6) is 0. The van der Waals surface area contributed by atoms with Gasteiger partial charge in [0.15, 0.2) is 0 Å². The Bertz CT molecular complexity index is 158. The van der Waals surface area contributed by atoms with Crippen molar-refractivity contribution in [1.29, 1.82) is 0 Å². The second-order valence-electron chi connectivity index (χ2n) is 3.59. The molecule has 3 heteroatoms. The predicted octanol–water partition coefficient (Wildman–Crippen LogP) is 3.90. The summed E-state index contributed by atoms with van der Waals surface area (Å²) >= 11 is 0. The third-order valence-corrected chi connectivity index (χ3v) is 5.08. The second-order valence-corrected chi connectivity index (χ2v) is 6.32. The molecule has 2 nitrogen and oxygen atoms in total. The summed E-state index contributed by atoms with van der Waals surface area (Å²) < 4.78 is 17.8. The Morgan fingerprint density at radius 2 is 1.62 bits per heavy atom. The summed E-state index contributed by atoms with van der Waals surface area (Å²) in [5, 5.41) is 0. The Hall–Kier alpha value is 0.190. The van der Waals surface area contributed by atoms with E-state index in [-0.39, 0.29) is 6.10 Å². The van der Waals surface area contributed by atoms with E-state index in [9.17, 15) is 4.57 Å². The van der Waals surface area contributed by atoms with Gasteiger partial charge in [0.05, 0.1) is 6.10 Å². The molecule has 0 radical (unpaired) electrons. The fourth-order valence-corrected chi connectivity index (χ4v) is 3.90. The Balaban J connectivity index is 4.14.